The molecule has 0 fully saturated rings. The Morgan fingerprint density at radius 3 is 1.92 bits per heavy atom. The molecule has 0 aromatic carbocycles. The molecule has 0 unspecified atom stereocenters. The molecule has 13 heavy (non-hydrogen) atoms. The largest absolute Gasteiger partial charge is 0.361 e. The van der Waals surface area contributed by atoms with Crippen LogP contribution in [0.1, 0.15) is 0 Å². The summed E-state index contributed by atoms with van der Waals surface area (Å²) in [6.45, 7) is 3.86. The predicted octanol–water partition coefficient (Wildman–Crippen LogP) is 1.92. The molecule has 0 aliphatic carbocycles. The van der Waals surface area contributed by atoms with Crippen molar-refractivity contribution in [1.82, 2.24) is 9.97 Å². The number of hydrogen-bond acceptors (Lipinski definition) is 0. The molecule has 66 valence electrons. The molecule has 0 saturated carbocycles. The molecule has 3 heteroatoms. The van der Waals surface area contributed by atoms with Crippen LogP contribution >= 0.6 is 7.92 Å². The van der Waals surface area contributed by atoms with Crippen molar-refractivity contribution < 1.29 is 0 Å². The lowest BCUT2D eigenvalue weighted by Gasteiger charge is -2.08. The highest BCUT2D eigenvalue weighted by atomic mass is 31.1. The van der Waals surface area contributed by atoms with Crippen LogP contribution in [0.2, 0.25) is 0 Å². The van der Waals surface area contributed by atoms with Gasteiger partial charge in [0.2, 0.25) is 0 Å². The van der Waals surface area contributed by atoms with Gasteiger partial charge in [0, 0.05) is 31.2 Å². The van der Waals surface area contributed by atoms with Crippen molar-refractivity contribution in [2.45, 2.75) is 0 Å². The molecule has 0 aliphatic rings. The van der Waals surface area contributed by atoms with E-state index in [2.05, 4.69) is 28.7 Å². The first-order valence-corrected chi connectivity index (χ1v) is 5.51. The molecular formula is C10H11N2P. The Hall–Kier alpha value is -1.27. The van der Waals surface area contributed by atoms with Gasteiger partial charge in [0.25, 0.3) is 0 Å². The van der Waals surface area contributed by atoms with E-state index in [-0.39, 0.29) is 0 Å². The minimum absolute atomic E-state index is 0.422. The second-order valence-corrected chi connectivity index (χ2v) is 4.73. The van der Waals surface area contributed by atoms with Gasteiger partial charge in [-0.2, -0.15) is 0 Å². The number of hydrogen-bond donors (Lipinski definition) is 2. The third-order valence-electron chi connectivity index (χ3n) is 1.86. The normalized spacial score (nSPS) is 10.5. The molecular weight excluding hydrogens is 179 g/mol. The van der Waals surface area contributed by atoms with Crippen LogP contribution < -0.4 is 10.9 Å². The van der Waals surface area contributed by atoms with E-state index < -0.39 is 7.92 Å². The minimum Gasteiger partial charge on any atom is -0.361 e. The molecule has 0 radical (unpaired) electrons. The van der Waals surface area contributed by atoms with Gasteiger partial charge in [-0.25, -0.2) is 0 Å². The fourth-order valence-corrected chi connectivity index (χ4v) is 2.84. The van der Waals surface area contributed by atoms with Crippen LogP contribution in [-0.2, 0) is 0 Å². The Morgan fingerprint density at radius 1 is 1.08 bits per heavy atom. The summed E-state index contributed by atoms with van der Waals surface area (Å²) >= 11 is 0. The van der Waals surface area contributed by atoms with Gasteiger partial charge in [-0.15, -0.1) is 0 Å². The summed E-state index contributed by atoms with van der Waals surface area (Å²) in [5.74, 6) is 1.99. The van der Waals surface area contributed by atoms with Crippen LogP contribution in [0.5, 0.6) is 0 Å². The van der Waals surface area contributed by atoms with Crippen molar-refractivity contribution in [3.05, 3.63) is 49.1 Å². The Labute approximate surface area is 78.4 Å². The molecule has 2 aromatic heterocycles. The summed E-state index contributed by atoms with van der Waals surface area (Å²) in [4.78, 5) is 6.43. The first-order valence-electron chi connectivity index (χ1n) is 4.10. The highest BCUT2D eigenvalue weighted by Gasteiger charge is 2.10. The van der Waals surface area contributed by atoms with Gasteiger partial charge in [-0.1, -0.05) is 12.4 Å². The second-order valence-electron chi connectivity index (χ2n) is 2.66. The quantitative estimate of drug-likeness (QED) is 0.693. The number of nitrogens with one attached hydrogen (secondary N) is 2. The van der Waals surface area contributed by atoms with Crippen LogP contribution in [0, 0.1) is 0 Å². The van der Waals surface area contributed by atoms with Crippen LogP contribution in [0.15, 0.2) is 49.1 Å². The molecule has 0 bridgehead atoms. The Bertz CT molecular complexity index is 327. The zero-order chi connectivity index (χ0) is 9.10. The number of H-pyrrole nitrogens is 2. The van der Waals surface area contributed by atoms with Crippen molar-refractivity contribution in [2.75, 3.05) is 0 Å². The zero-order valence-corrected chi connectivity index (χ0v) is 8.09. The van der Waals surface area contributed by atoms with Gasteiger partial charge in [0.15, 0.2) is 0 Å². The monoisotopic (exact) mass is 190 g/mol. The fourth-order valence-electron chi connectivity index (χ4n) is 1.27. The molecule has 2 N–H and O–H groups in total. The fraction of sp³-hybridized carbons (Fsp3) is 0. The standard InChI is InChI=1S/C10H11N2P/c1-2-13(9-5-3-7-11-9)10-6-4-8-12-10/h2-8,11-12H,1H2. The molecule has 0 atom stereocenters. The maximum absolute atomic E-state index is 3.86. The Balaban J connectivity index is 2.35. The van der Waals surface area contributed by atoms with Crippen LogP contribution in [0.25, 0.3) is 0 Å². The van der Waals surface area contributed by atoms with Crippen molar-refractivity contribution in [3.63, 3.8) is 0 Å². The van der Waals surface area contributed by atoms with Gasteiger partial charge in [-0.05, 0) is 24.3 Å². The van der Waals surface area contributed by atoms with Gasteiger partial charge in [0.05, 0.1) is 0 Å². The van der Waals surface area contributed by atoms with E-state index in [0.29, 0.717) is 0 Å². The first-order chi connectivity index (χ1) is 6.42. The average Bonchev–Trinajstić information content (AvgIpc) is 2.76. The van der Waals surface area contributed by atoms with Crippen LogP contribution in [0.4, 0.5) is 0 Å². The van der Waals surface area contributed by atoms with E-state index in [1.54, 1.807) is 0 Å². The second kappa shape index (κ2) is 3.63. The van der Waals surface area contributed by atoms with Crippen LogP contribution in [-0.4, -0.2) is 9.97 Å². The molecule has 0 saturated heterocycles. The lowest BCUT2D eigenvalue weighted by molar-refractivity contribution is 1.45. The highest BCUT2D eigenvalue weighted by molar-refractivity contribution is 7.75. The molecule has 2 nitrogen and oxygen atoms in total. The first kappa shape index (κ1) is 8.33. The maximum atomic E-state index is 3.86. The van der Waals surface area contributed by atoms with Gasteiger partial charge < -0.3 is 9.97 Å². The van der Waals surface area contributed by atoms with Gasteiger partial charge in [0.1, 0.15) is 0 Å². The highest BCUT2D eigenvalue weighted by Crippen LogP contribution is 2.32. The van der Waals surface area contributed by atoms with E-state index in [4.69, 9.17) is 0 Å². The van der Waals surface area contributed by atoms with E-state index in [1.807, 2.05) is 30.3 Å². The molecule has 2 heterocycles. The summed E-state index contributed by atoms with van der Waals surface area (Å²) in [7, 11) is -0.422. The van der Waals surface area contributed by atoms with Crippen molar-refractivity contribution in [3.8, 4) is 0 Å². The lowest BCUT2D eigenvalue weighted by Crippen LogP contribution is -2.10. The molecule has 0 spiro atoms. The SMILES string of the molecule is C=CP(c1ccc[nH]1)c1ccc[nH]1. The number of aromatic nitrogens is 2. The summed E-state index contributed by atoms with van der Waals surface area (Å²) in [5, 5.41) is 0. The summed E-state index contributed by atoms with van der Waals surface area (Å²) in [6.07, 6.45) is 3.88. The minimum atomic E-state index is -0.422. The molecule has 0 aliphatic heterocycles. The number of aromatic amines is 2. The molecule has 2 aromatic rings. The van der Waals surface area contributed by atoms with Crippen molar-refractivity contribution in [2.24, 2.45) is 0 Å². The third-order valence-corrected chi connectivity index (χ3v) is 3.82. The Kier molecular flexibility index (Phi) is 2.33. The third kappa shape index (κ3) is 1.58. The average molecular weight is 190 g/mol. The summed E-state index contributed by atoms with van der Waals surface area (Å²) < 4.78 is 0. The predicted molar refractivity (Wildman–Crippen MR) is 58.0 cm³/mol. The number of rotatable bonds is 3. The zero-order valence-electron chi connectivity index (χ0n) is 7.20. The maximum Gasteiger partial charge on any atom is 0.0484 e. The Morgan fingerprint density at radius 2 is 1.62 bits per heavy atom. The topological polar surface area (TPSA) is 31.6 Å². The summed E-state index contributed by atoms with van der Waals surface area (Å²) in [6, 6.07) is 8.21. The van der Waals surface area contributed by atoms with E-state index in [0.717, 1.165) is 0 Å². The van der Waals surface area contributed by atoms with E-state index in [9.17, 15) is 0 Å². The van der Waals surface area contributed by atoms with Crippen molar-refractivity contribution >= 4 is 18.8 Å². The van der Waals surface area contributed by atoms with Crippen molar-refractivity contribution in [1.29, 1.82) is 0 Å². The van der Waals surface area contributed by atoms with E-state index >= 15 is 0 Å². The molecule has 0 amide bonds. The summed E-state index contributed by atoms with van der Waals surface area (Å²) in [5.41, 5.74) is 2.46. The van der Waals surface area contributed by atoms with Crippen LogP contribution in [0.3, 0.4) is 0 Å². The van der Waals surface area contributed by atoms with Gasteiger partial charge in [-0.3, -0.25) is 0 Å². The van der Waals surface area contributed by atoms with E-state index in [1.165, 1.54) is 10.9 Å². The molecule has 2 rings (SSSR count). The smallest absolute Gasteiger partial charge is 0.0484 e. The lowest BCUT2D eigenvalue weighted by atomic mass is 10.7. The van der Waals surface area contributed by atoms with Gasteiger partial charge >= 0.3 is 0 Å².